The molecule has 0 N–H and O–H groups in total. The summed E-state index contributed by atoms with van der Waals surface area (Å²) in [6, 6.07) is 3.32. The first-order valence-corrected chi connectivity index (χ1v) is 11.5. The van der Waals surface area contributed by atoms with Crippen molar-refractivity contribution in [1.82, 2.24) is 29.5 Å². The summed E-state index contributed by atoms with van der Waals surface area (Å²) in [5, 5.41) is 8.05. The quantitative estimate of drug-likeness (QED) is 0.292. The molecule has 0 spiro atoms. The van der Waals surface area contributed by atoms with Gasteiger partial charge in [0.25, 0.3) is 0 Å². The van der Waals surface area contributed by atoms with E-state index in [1.54, 1.807) is 4.68 Å². The summed E-state index contributed by atoms with van der Waals surface area (Å²) in [6.07, 6.45) is -4.50. The van der Waals surface area contributed by atoms with Gasteiger partial charge in [-0.1, -0.05) is 11.6 Å². The lowest BCUT2D eigenvalue weighted by Gasteiger charge is -2.12. The van der Waals surface area contributed by atoms with Gasteiger partial charge in [0.05, 0.1) is 11.6 Å². The average Bonchev–Trinajstić information content (AvgIpc) is 3.15. The largest absolute Gasteiger partial charge is 0.424 e. The summed E-state index contributed by atoms with van der Waals surface area (Å²) in [4.78, 5) is 7.99. The fourth-order valence-corrected chi connectivity index (χ4v) is 3.97. The SMILES string of the molecule is CC(C)n1nc(Br)nc1Br.CC(C)n1nc(Br)nc1Oc1cc(Cl)cc(C(F)(F)F)c1. The Bertz CT molecular complexity index is 1040. The highest BCUT2D eigenvalue weighted by molar-refractivity contribution is 9.11. The number of hydrogen-bond donors (Lipinski definition) is 0. The normalized spacial score (nSPS) is 11.6. The van der Waals surface area contributed by atoms with E-state index >= 15 is 0 Å². The van der Waals surface area contributed by atoms with Crippen LogP contribution in [0, 0.1) is 0 Å². The molecule has 0 unspecified atom stereocenters. The molecule has 0 aliphatic rings. The van der Waals surface area contributed by atoms with Crippen LogP contribution in [0.2, 0.25) is 5.02 Å². The Morgan fingerprint density at radius 1 is 0.903 bits per heavy atom. The average molecular weight is 654 g/mol. The number of alkyl halides is 3. The lowest BCUT2D eigenvalue weighted by molar-refractivity contribution is -0.137. The second-order valence-electron chi connectivity index (χ2n) is 6.67. The minimum absolute atomic E-state index is 0.0587. The molecule has 3 rings (SSSR count). The monoisotopic (exact) mass is 650 g/mol. The molecule has 31 heavy (non-hydrogen) atoms. The number of ether oxygens (including phenoxy) is 1. The standard InChI is InChI=1S/C12H10BrClF3N3O.C5H7Br2N3/c1-6(2)20-11(18-10(13)19-20)21-9-4-7(12(15,16)17)3-8(14)5-9;1-3(2)10-5(7)8-4(6)9-10/h3-6H,1-2H3;3H,1-2H3. The zero-order chi connectivity index (χ0) is 23.5. The predicted molar refractivity (Wildman–Crippen MR) is 120 cm³/mol. The van der Waals surface area contributed by atoms with E-state index in [-0.39, 0.29) is 27.6 Å². The molecular formula is C17H17Br3ClF3N6O. The summed E-state index contributed by atoms with van der Waals surface area (Å²) < 4.78 is 48.5. The molecule has 170 valence electrons. The third-order valence-corrected chi connectivity index (χ3v) is 4.95. The van der Waals surface area contributed by atoms with Gasteiger partial charge in [-0.3, -0.25) is 0 Å². The summed E-state index contributed by atoms with van der Waals surface area (Å²) in [6.45, 7) is 7.78. The molecule has 0 radical (unpaired) electrons. The van der Waals surface area contributed by atoms with Crippen molar-refractivity contribution in [2.24, 2.45) is 0 Å². The Balaban J connectivity index is 0.000000285. The number of benzene rings is 1. The Labute approximate surface area is 206 Å². The lowest BCUT2D eigenvalue weighted by Crippen LogP contribution is -2.07. The molecule has 0 saturated carbocycles. The summed E-state index contributed by atoms with van der Waals surface area (Å²) in [7, 11) is 0. The molecule has 3 aromatic rings. The van der Waals surface area contributed by atoms with Gasteiger partial charge in [-0.2, -0.15) is 23.1 Å². The molecule has 0 bridgehead atoms. The van der Waals surface area contributed by atoms with Crippen molar-refractivity contribution < 1.29 is 17.9 Å². The number of rotatable bonds is 4. The van der Waals surface area contributed by atoms with Gasteiger partial charge in [0.2, 0.25) is 9.47 Å². The minimum atomic E-state index is -4.50. The molecule has 0 aliphatic heterocycles. The molecule has 0 saturated heterocycles. The fourth-order valence-electron chi connectivity index (χ4n) is 2.19. The first-order chi connectivity index (χ1) is 14.3. The van der Waals surface area contributed by atoms with Crippen LogP contribution in [0.25, 0.3) is 0 Å². The molecule has 0 fully saturated rings. The van der Waals surface area contributed by atoms with Gasteiger partial charge in [0, 0.05) is 11.1 Å². The number of aromatic nitrogens is 6. The zero-order valence-electron chi connectivity index (χ0n) is 16.6. The van der Waals surface area contributed by atoms with Crippen molar-refractivity contribution in [3.05, 3.63) is 43.0 Å². The second kappa shape index (κ2) is 10.6. The molecule has 0 aliphatic carbocycles. The molecular weight excluding hydrogens is 636 g/mol. The van der Waals surface area contributed by atoms with Crippen molar-refractivity contribution >= 4 is 59.4 Å². The van der Waals surface area contributed by atoms with Crippen molar-refractivity contribution in [1.29, 1.82) is 0 Å². The summed E-state index contributed by atoms with van der Waals surface area (Å²) in [5.74, 6) is -0.0587. The Kier molecular flexibility index (Phi) is 8.94. The van der Waals surface area contributed by atoms with E-state index in [4.69, 9.17) is 16.3 Å². The third kappa shape index (κ3) is 7.43. The van der Waals surface area contributed by atoms with Crippen LogP contribution < -0.4 is 4.74 Å². The number of nitrogens with zero attached hydrogens (tertiary/aromatic N) is 6. The highest BCUT2D eigenvalue weighted by atomic mass is 79.9. The minimum Gasteiger partial charge on any atom is -0.424 e. The van der Waals surface area contributed by atoms with E-state index in [1.165, 1.54) is 10.7 Å². The molecule has 0 amide bonds. The van der Waals surface area contributed by atoms with Gasteiger partial charge in [-0.05, 0) is 93.7 Å². The third-order valence-electron chi connectivity index (χ3n) is 3.52. The molecule has 1 aromatic carbocycles. The topological polar surface area (TPSA) is 70.7 Å². The molecule has 0 atom stereocenters. The summed E-state index contributed by atoms with van der Waals surface area (Å²) >= 11 is 15.2. The second-order valence-corrected chi connectivity index (χ2v) is 9.23. The van der Waals surface area contributed by atoms with E-state index in [9.17, 15) is 13.2 Å². The highest BCUT2D eigenvalue weighted by Gasteiger charge is 2.31. The maximum Gasteiger partial charge on any atom is 0.416 e. The van der Waals surface area contributed by atoms with Gasteiger partial charge in [0.1, 0.15) is 5.75 Å². The Morgan fingerprint density at radius 3 is 1.90 bits per heavy atom. The van der Waals surface area contributed by atoms with Crippen molar-refractivity contribution in [3.63, 3.8) is 0 Å². The highest BCUT2D eigenvalue weighted by Crippen LogP contribution is 2.35. The molecule has 2 heterocycles. The zero-order valence-corrected chi connectivity index (χ0v) is 22.1. The van der Waals surface area contributed by atoms with Crippen LogP contribution >= 0.6 is 59.4 Å². The van der Waals surface area contributed by atoms with E-state index in [2.05, 4.69) is 68.0 Å². The van der Waals surface area contributed by atoms with Gasteiger partial charge in [-0.15, -0.1) is 10.2 Å². The predicted octanol–water partition coefficient (Wildman–Crippen LogP) is 7.47. The van der Waals surface area contributed by atoms with Crippen molar-refractivity contribution in [3.8, 4) is 11.8 Å². The van der Waals surface area contributed by atoms with E-state index in [0.717, 1.165) is 16.9 Å². The van der Waals surface area contributed by atoms with Crippen LogP contribution in [0.15, 0.2) is 32.4 Å². The number of hydrogen-bond acceptors (Lipinski definition) is 5. The van der Waals surface area contributed by atoms with E-state index in [0.29, 0.717) is 10.8 Å². The van der Waals surface area contributed by atoms with E-state index < -0.39 is 11.7 Å². The smallest absolute Gasteiger partial charge is 0.416 e. The van der Waals surface area contributed by atoms with Crippen LogP contribution in [0.4, 0.5) is 13.2 Å². The van der Waals surface area contributed by atoms with Gasteiger partial charge in [0.15, 0.2) is 4.73 Å². The Morgan fingerprint density at radius 2 is 1.45 bits per heavy atom. The van der Waals surface area contributed by atoms with Crippen LogP contribution in [0.3, 0.4) is 0 Å². The maximum absolute atomic E-state index is 12.7. The van der Waals surface area contributed by atoms with Crippen LogP contribution in [-0.2, 0) is 6.18 Å². The van der Waals surface area contributed by atoms with Gasteiger partial charge >= 0.3 is 12.2 Å². The van der Waals surface area contributed by atoms with Crippen LogP contribution in [-0.4, -0.2) is 29.5 Å². The summed E-state index contributed by atoms with van der Waals surface area (Å²) in [5.41, 5.74) is -0.889. The molecule has 7 nitrogen and oxygen atoms in total. The van der Waals surface area contributed by atoms with Crippen LogP contribution in [0.1, 0.15) is 45.3 Å². The molecule has 14 heteroatoms. The molecule has 2 aromatic heterocycles. The number of halogens is 7. The van der Waals surface area contributed by atoms with Gasteiger partial charge < -0.3 is 4.74 Å². The van der Waals surface area contributed by atoms with Gasteiger partial charge in [-0.25, -0.2) is 9.36 Å². The first kappa shape index (κ1) is 26.1. The fraction of sp³-hybridized carbons (Fsp3) is 0.412. The van der Waals surface area contributed by atoms with E-state index in [1.807, 2.05) is 27.7 Å². The van der Waals surface area contributed by atoms with Crippen molar-refractivity contribution in [2.75, 3.05) is 0 Å². The van der Waals surface area contributed by atoms with Crippen molar-refractivity contribution in [2.45, 2.75) is 46.0 Å². The first-order valence-electron chi connectivity index (χ1n) is 8.73. The van der Waals surface area contributed by atoms with Crippen LogP contribution in [0.5, 0.6) is 11.8 Å². The Hall–Kier alpha value is -1.18. The maximum atomic E-state index is 12.7. The lowest BCUT2D eigenvalue weighted by atomic mass is 10.2.